The van der Waals surface area contributed by atoms with Gasteiger partial charge in [-0.2, -0.15) is 0 Å². The van der Waals surface area contributed by atoms with Crippen LogP contribution in [0.1, 0.15) is 143 Å². The molecule has 22 aromatic heterocycles. The monoisotopic (exact) mass is 2150 g/mol. The largest absolute Gasteiger partial charge is 0.485 e. The van der Waals surface area contributed by atoms with Crippen molar-refractivity contribution in [3.8, 4) is 111 Å². The first kappa shape index (κ1) is 98.3. The van der Waals surface area contributed by atoms with Gasteiger partial charge in [0.05, 0.1) is 23.2 Å². The zero-order valence-corrected chi connectivity index (χ0v) is 94.0. The molecule has 0 fully saturated rings. The Morgan fingerprint density at radius 2 is 0.632 bits per heavy atom. The van der Waals surface area contributed by atoms with Crippen LogP contribution in [0.5, 0.6) is 23.0 Å². The number of thiophene rings is 22. The average molecular weight is 2160 g/mol. The van der Waals surface area contributed by atoms with Crippen LogP contribution < -0.4 is 18.9 Å². The maximum atomic E-state index is 5.71. The molecule has 0 spiro atoms. The van der Waals surface area contributed by atoms with Crippen molar-refractivity contribution in [3.63, 3.8) is 0 Å². The van der Waals surface area contributed by atoms with Gasteiger partial charge in [0.1, 0.15) is 26.4 Å². The minimum absolute atomic E-state index is 0.599. The van der Waals surface area contributed by atoms with Crippen molar-refractivity contribution < 1.29 is 18.9 Å². The molecule has 0 N–H and O–H groups in total. The van der Waals surface area contributed by atoms with Gasteiger partial charge in [-0.3, -0.25) is 0 Å². The maximum absolute atomic E-state index is 5.71. The van der Waals surface area contributed by atoms with Crippen LogP contribution in [0.4, 0.5) is 0 Å². The normalized spacial score (nSPS) is 12.0. The molecule has 0 aromatic carbocycles. The standard InChI is InChI=1S/C24H32S3.C18H20S3.C12H10O4S2.C12H8S3.C12H14S2.C9H6S2.C8H4S3.2C6H4S2/c1-3-5-7-9-11-19-15-23(25-17-19)21-13-14-22(27-21)24-16-20(18-26-24)12-10-8-6-4-2;1-9-7-19-15(11(9)3)17-13(5)14(6)18(21-17)16-12(4)10(2)8-20-16;1-3-15-9-7(13-1)5-17-11(9)12-10-8(6-18-12)14-2-4-16-10;1-3-9(13-7-1)11-5-6-12(15-11)10-4-2-8-14-10;1-7-5-13-11(9(7)3)12-10(4)8(2)6-14-12;1-3-10-8-6(1)5-7-2-4-11-9(7)8;1-3-9-7-5(1)11-6-2-4-10-8(6)7;1-3-7-6-2-4-8-5(1)6;1-3-7-6-5(1)2-4-8-6/h13-18H,3-12H2,1-2H3;7-8H,1-6H3;5-6H,1-4H2;1-8H;5-6H,1-4H3;1-4H,5H2;1-4H;2*1-4H. The van der Waals surface area contributed by atoms with Gasteiger partial charge in [0.15, 0.2) is 23.0 Å². The van der Waals surface area contributed by atoms with Crippen molar-refractivity contribution >= 4 is 287 Å². The van der Waals surface area contributed by atoms with Crippen LogP contribution in [0.2, 0.25) is 0 Å². The number of rotatable bonds is 18. The lowest BCUT2D eigenvalue weighted by atomic mass is 10.1. The van der Waals surface area contributed by atoms with E-state index in [2.05, 4.69) is 278 Å². The van der Waals surface area contributed by atoms with Crippen LogP contribution in [-0.2, 0) is 19.3 Å². The van der Waals surface area contributed by atoms with E-state index in [4.69, 9.17) is 18.9 Å². The summed E-state index contributed by atoms with van der Waals surface area (Å²) >= 11 is 40.5. The summed E-state index contributed by atoms with van der Waals surface area (Å²) in [6, 6.07) is 40.0. The van der Waals surface area contributed by atoms with Gasteiger partial charge in [0, 0.05) is 119 Å². The minimum atomic E-state index is 0.599. The molecule has 0 unspecified atom stereocenters. The molecule has 133 heavy (non-hydrogen) atoms. The van der Waals surface area contributed by atoms with Crippen molar-refractivity contribution in [2.24, 2.45) is 0 Å². The summed E-state index contributed by atoms with van der Waals surface area (Å²) in [6.45, 7) is 29.2. The van der Waals surface area contributed by atoms with Crippen molar-refractivity contribution in [1.82, 2.24) is 0 Å². The summed E-state index contributed by atoms with van der Waals surface area (Å²) in [5.74, 6) is 3.34. The smallest absolute Gasteiger partial charge is 0.180 e. The Kier molecular flexibility index (Phi) is 35.1. The minimum Gasteiger partial charge on any atom is -0.485 e. The third-order valence-corrected chi connectivity index (χ3v) is 47.9. The molecule has 3 aliphatic rings. The first-order valence-electron chi connectivity index (χ1n) is 44.3. The van der Waals surface area contributed by atoms with Gasteiger partial charge >= 0.3 is 0 Å². The SMILES string of the molecule is CCCCCCc1csc(-c2ccc(-c3cc(CCCCCC)cs3)s2)c1.Cc1csc(-c2sc(-c3scc(C)c3C)c(C)c2C)c1C.Cc1csc(-c2scc(C)c2C)c1C.c1cc2c(s1)-c1sccc1C2.c1cc2ccsc2s1.c1cc2sc3ccsc3c2s1.c1cc2sccc2s1.c1csc(-c2ccc(-c3cccs3)s2)c1.c1sc(-c2scc3c2OCCO3)c2c1OCCO2. The second kappa shape index (κ2) is 47.5. The highest BCUT2D eigenvalue weighted by atomic mass is 32.2. The Morgan fingerprint density at radius 3 is 1.02 bits per heavy atom. The summed E-state index contributed by atoms with van der Waals surface area (Å²) < 4.78 is 32.6. The highest BCUT2D eigenvalue weighted by molar-refractivity contribution is 7.38. The number of aryl methyl sites for hydroxylation is 6. The van der Waals surface area contributed by atoms with Crippen molar-refractivity contribution in [2.75, 3.05) is 26.4 Å². The zero-order valence-electron chi connectivity index (χ0n) is 76.0. The van der Waals surface area contributed by atoms with Crippen LogP contribution in [0, 0.1) is 69.2 Å². The lowest BCUT2D eigenvalue weighted by Crippen LogP contribution is -2.15. The summed E-state index contributed by atoms with van der Waals surface area (Å²) in [6.07, 6.45) is 14.4. The molecule has 686 valence electrons. The summed E-state index contributed by atoms with van der Waals surface area (Å²) in [5, 5.41) is 40.6. The number of fused-ring (bicyclic) bond motifs is 10. The fraction of sp³-hybridized carbons (Fsp3) is 0.252. The number of ether oxygens (including phenoxy) is 4. The topological polar surface area (TPSA) is 36.9 Å². The van der Waals surface area contributed by atoms with Gasteiger partial charge in [-0.25, -0.2) is 0 Å². The zero-order chi connectivity index (χ0) is 91.9. The van der Waals surface area contributed by atoms with Gasteiger partial charge in [-0.15, -0.1) is 249 Å². The van der Waals surface area contributed by atoms with E-state index in [-0.39, 0.29) is 0 Å². The Hall–Kier alpha value is -6.36. The molecule has 4 nitrogen and oxygen atoms in total. The number of hydrogen-bond acceptors (Lipinski definition) is 26. The predicted octanol–water partition coefficient (Wildman–Crippen LogP) is 42.9. The molecular formula is C107H102O4S22. The van der Waals surface area contributed by atoms with E-state index < -0.39 is 0 Å². The van der Waals surface area contributed by atoms with E-state index in [0.717, 1.165) is 39.2 Å². The van der Waals surface area contributed by atoms with Crippen LogP contribution in [0.25, 0.3) is 125 Å². The summed E-state index contributed by atoms with van der Waals surface area (Å²) in [7, 11) is 0. The van der Waals surface area contributed by atoms with Gasteiger partial charge in [0.25, 0.3) is 0 Å². The molecule has 26 heteroatoms. The molecule has 25 rings (SSSR count). The summed E-state index contributed by atoms with van der Waals surface area (Å²) in [4.78, 5) is 25.1. The lowest BCUT2D eigenvalue weighted by Gasteiger charge is -2.18. The molecule has 0 saturated carbocycles. The van der Waals surface area contributed by atoms with Crippen molar-refractivity contribution in [2.45, 2.75) is 154 Å². The first-order chi connectivity index (χ1) is 65.0. The molecule has 22 aromatic rings. The van der Waals surface area contributed by atoms with Crippen molar-refractivity contribution in [3.05, 3.63) is 284 Å². The molecular weight excluding hydrogens is 2050 g/mol. The fourth-order valence-electron chi connectivity index (χ4n) is 15.0. The van der Waals surface area contributed by atoms with E-state index in [1.54, 1.807) is 68.0 Å². The highest BCUT2D eigenvalue weighted by Gasteiger charge is 2.28. The molecule has 2 aliphatic heterocycles. The highest BCUT2D eigenvalue weighted by Crippen LogP contribution is 2.55. The van der Waals surface area contributed by atoms with Crippen LogP contribution in [0.3, 0.4) is 0 Å². The van der Waals surface area contributed by atoms with Gasteiger partial charge in [0.2, 0.25) is 0 Å². The number of unbranched alkanes of at least 4 members (excludes halogenated alkanes) is 6. The second-order valence-electron chi connectivity index (χ2n) is 32.2. The molecule has 0 bridgehead atoms. The fourth-order valence-corrected chi connectivity index (χ4v) is 38.4. The van der Waals surface area contributed by atoms with Gasteiger partial charge < -0.3 is 18.9 Å². The van der Waals surface area contributed by atoms with E-state index in [1.807, 2.05) is 192 Å². The second-order valence-corrected chi connectivity index (χ2v) is 53.1. The Balaban J connectivity index is 0.000000107. The van der Waals surface area contributed by atoms with Crippen molar-refractivity contribution in [1.29, 1.82) is 0 Å². The Morgan fingerprint density at radius 1 is 0.256 bits per heavy atom. The molecule has 0 radical (unpaired) electrons. The van der Waals surface area contributed by atoms with E-state index in [0.29, 0.717) is 26.4 Å². The molecule has 0 atom stereocenters. The van der Waals surface area contributed by atoms with Gasteiger partial charge in [-0.1, -0.05) is 64.5 Å². The van der Waals surface area contributed by atoms with Crippen LogP contribution >= 0.6 is 249 Å². The van der Waals surface area contributed by atoms with Gasteiger partial charge in [-0.05, 0) is 356 Å². The molecule has 1 aliphatic carbocycles. The Labute approximate surface area is 870 Å². The third-order valence-electron chi connectivity index (χ3n) is 23.1. The predicted molar refractivity (Wildman–Crippen MR) is 618 cm³/mol. The van der Waals surface area contributed by atoms with Crippen LogP contribution in [0.15, 0.2) is 206 Å². The average Bonchev–Trinajstić information content (AvgIpc) is 1.65. The first-order valence-corrected chi connectivity index (χ1v) is 63.4. The Bertz CT molecular complexity index is 6810. The number of hydrogen-bond donors (Lipinski definition) is 0. The molecule has 24 heterocycles. The summed E-state index contributed by atoms with van der Waals surface area (Å²) in [5.41, 5.74) is 20.4. The molecule has 0 amide bonds. The van der Waals surface area contributed by atoms with Crippen LogP contribution in [-0.4, -0.2) is 26.4 Å². The quantitative estimate of drug-likeness (QED) is 0.0803. The third kappa shape index (κ3) is 23.9. The molecule has 0 saturated heterocycles. The van der Waals surface area contributed by atoms with E-state index in [1.165, 1.54) is 258 Å². The van der Waals surface area contributed by atoms with E-state index >= 15 is 0 Å². The maximum Gasteiger partial charge on any atom is 0.180 e. The van der Waals surface area contributed by atoms with E-state index in [9.17, 15) is 0 Å². The lowest BCUT2D eigenvalue weighted by molar-refractivity contribution is 0.172.